The first-order valence-electron chi connectivity index (χ1n) is 7.12. The van der Waals surface area contributed by atoms with Gasteiger partial charge < -0.3 is 9.64 Å². The minimum Gasteiger partial charge on any atom is -0.380 e. The van der Waals surface area contributed by atoms with Crippen LogP contribution in [-0.4, -0.2) is 38.8 Å². The summed E-state index contributed by atoms with van der Waals surface area (Å²) in [5, 5.41) is 1.24. The predicted octanol–water partition coefficient (Wildman–Crippen LogP) is 4.38. The highest BCUT2D eigenvalue weighted by Gasteiger charge is 2.43. The number of nitrogens with zero attached hydrogens (tertiary/aromatic N) is 1. The number of rotatable bonds is 4. The van der Waals surface area contributed by atoms with Crippen molar-refractivity contribution in [1.29, 1.82) is 0 Å². The van der Waals surface area contributed by atoms with Crippen molar-refractivity contribution in [2.75, 3.05) is 27.7 Å². The number of methoxy groups -OCH3 is 1. The fourth-order valence-corrected chi connectivity index (χ4v) is 3.82. The summed E-state index contributed by atoms with van der Waals surface area (Å²) in [5.74, 6) is 0. The maximum Gasteiger partial charge on any atom is 0.0680 e. The van der Waals surface area contributed by atoms with Crippen LogP contribution in [0.15, 0.2) is 18.2 Å². The van der Waals surface area contributed by atoms with Crippen molar-refractivity contribution in [3.63, 3.8) is 0 Å². The molecule has 0 bridgehead atoms. The molecule has 1 fully saturated rings. The molecule has 0 heterocycles. The van der Waals surface area contributed by atoms with Crippen LogP contribution >= 0.6 is 23.2 Å². The van der Waals surface area contributed by atoms with Crippen LogP contribution in [0.2, 0.25) is 10.0 Å². The van der Waals surface area contributed by atoms with Crippen LogP contribution in [0.1, 0.15) is 31.2 Å². The molecular formula is C16H23Cl2NO. The molecule has 0 spiro atoms. The lowest BCUT2D eigenvalue weighted by Gasteiger charge is -2.45. The van der Waals surface area contributed by atoms with Crippen LogP contribution < -0.4 is 0 Å². The van der Waals surface area contributed by atoms with Gasteiger partial charge in [-0.3, -0.25) is 0 Å². The van der Waals surface area contributed by atoms with Crippen LogP contribution in [0.25, 0.3) is 0 Å². The third-order valence-electron chi connectivity index (χ3n) is 4.33. The van der Waals surface area contributed by atoms with E-state index in [-0.39, 0.29) is 11.5 Å². The fraction of sp³-hybridized carbons (Fsp3) is 0.625. The molecule has 0 radical (unpaired) electrons. The molecule has 0 aromatic heterocycles. The maximum absolute atomic E-state index is 6.24. The first kappa shape index (κ1) is 16.1. The number of halogens is 2. The zero-order valence-corrected chi connectivity index (χ0v) is 14.0. The van der Waals surface area contributed by atoms with Gasteiger partial charge in [0.15, 0.2) is 0 Å². The Labute approximate surface area is 132 Å². The fourth-order valence-electron chi connectivity index (χ4n) is 3.52. The summed E-state index contributed by atoms with van der Waals surface area (Å²) in [4.78, 5) is 2.24. The quantitative estimate of drug-likeness (QED) is 0.817. The first-order chi connectivity index (χ1) is 9.49. The molecule has 1 aliphatic rings. The minimum absolute atomic E-state index is 0.00469. The Morgan fingerprint density at radius 1 is 1.25 bits per heavy atom. The first-order valence-corrected chi connectivity index (χ1v) is 7.88. The smallest absolute Gasteiger partial charge is 0.0680 e. The molecule has 0 N–H and O–H groups in total. The van der Waals surface area contributed by atoms with E-state index in [0.717, 1.165) is 19.4 Å². The average molecular weight is 316 g/mol. The van der Waals surface area contributed by atoms with Gasteiger partial charge in [-0.15, -0.1) is 0 Å². The SMILES string of the molecule is CO[C@H]1CCCC[C@]1(CN(C)C)c1ccc(Cl)c(Cl)c1. The number of hydrogen-bond donors (Lipinski definition) is 0. The van der Waals surface area contributed by atoms with Crippen molar-refractivity contribution >= 4 is 23.2 Å². The largest absolute Gasteiger partial charge is 0.380 e. The number of likely N-dealkylation sites (N-methyl/N-ethyl adjacent to an activating group) is 1. The lowest BCUT2D eigenvalue weighted by Crippen LogP contribution is -2.50. The molecule has 2 nitrogen and oxygen atoms in total. The van der Waals surface area contributed by atoms with Gasteiger partial charge in [-0.05, 0) is 44.6 Å². The minimum atomic E-state index is 0.00469. The van der Waals surface area contributed by atoms with Crippen LogP contribution in [0.4, 0.5) is 0 Å². The summed E-state index contributed by atoms with van der Waals surface area (Å²) >= 11 is 12.3. The van der Waals surface area contributed by atoms with Crippen molar-refractivity contribution in [3.8, 4) is 0 Å². The second-order valence-electron chi connectivity index (χ2n) is 5.99. The molecule has 0 saturated heterocycles. The number of ether oxygens (including phenoxy) is 1. The van der Waals surface area contributed by atoms with Crippen molar-refractivity contribution in [1.82, 2.24) is 4.90 Å². The molecule has 1 aromatic rings. The van der Waals surface area contributed by atoms with Gasteiger partial charge in [-0.1, -0.05) is 42.1 Å². The van der Waals surface area contributed by atoms with E-state index >= 15 is 0 Å². The van der Waals surface area contributed by atoms with Crippen molar-refractivity contribution in [3.05, 3.63) is 33.8 Å². The average Bonchev–Trinajstić information content (AvgIpc) is 2.41. The molecule has 0 unspecified atom stereocenters. The van der Waals surface area contributed by atoms with E-state index in [1.807, 2.05) is 19.2 Å². The van der Waals surface area contributed by atoms with Gasteiger partial charge in [-0.2, -0.15) is 0 Å². The monoisotopic (exact) mass is 315 g/mol. The topological polar surface area (TPSA) is 12.5 Å². The standard InChI is InChI=1S/C16H23Cl2NO/c1-19(2)11-16(9-5-4-6-15(16)20-3)12-7-8-13(17)14(18)10-12/h7-8,10,15H,4-6,9,11H2,1-3H3/t15-,16-/m0/s1. The molecule has 20 heavy (non-hydrogen) atoms. The summed E-state index contributed by atoms with van der Waals surface area (Å²) in [7, 11) is 6.04. The van der Waals surface area contributed by atoms with Crippen LogP contribution in [-0.2, 0) is 10.2 Å². The van der Waals surface area contributed by atoms with Gasteiger partial charge in [0.2, 0.25) is 0 Å². The van der Waals surface area contributed by atoms with Crippen molar-refractivity contribution in [2.45, 2.75) is 37.2 Å². The molecule has 1 saturated carbocycles. The van der Waals surface area contributed by atoms with Gasteiger partial charge in [0.05, 0.1) is 16.1 Å². The molecule has 0 amide bonds. The molecule has 2 rings (SSSR count). The maximum atomic E-state index is 6.24. The summed E-state index contributed by atoms with van der Waals surface area (Å²) in [6.45, 7) is 0.962. The Balaban J connectivity index is 2.46. The summed E-state index contributed by atoms with van der Waals surface area (Å²) in [6, 6.07) is 6.03. The molecule has 1 aromatic carbocycles. The van der Waals surface area contributed by atoms with E-state index in [1.165, 1.54) is 18.4 Å². The zero-order valence-electron chi connectivity index (χ0n) is 12.5. The van der Waals surface area contributed by atoms with E-state index < -0.39 is 0 Å². The van der Waals surface area contributed by atoms with E-state index in [1.54, 1.807) is 0 Å². The lowest BCUT2D eigenvalue weighted by atomic mass is 9.67. The molecule has 2 atom stereocenters. The third-order valence-corrected chi connectivity index (χ3v) is 5.07. The summed E-state index contributed by atoms with van der Waals surface area (Å²) in [5.41, 5.74) is 1.25. The molecule has 112 valence electrons. The van der Waals surface area contributed by atoms with Gasteiger partial charge in [0.1, 0.15) is 0 Å². The van der Waals surface area contributed by atoms with Gasteiger partial charge in [0, 0.05) is 19.1 Å². The number of benzene rings is 1. The Bertz CT molecular complexity index is 464. The van der Waals surface area contributed by atoms with Crippen molar-refractivity contribution in [2.24, 2.45) is 0 Å². The Morgan fingerprint density at radius 3 is 2.60 bits per heavy atom. The Hall–Kier alpha value is -0.280. The van der Waals surface area contributed by atoms with E-state index in [2.05, 4.69) is 25.1 Å². The van der Waals surface area contributed by atoms with Crippen LogP contribution in [0, 0.1) is 0 Å². The van der Waals surface area contributed by atoms with Crippen molar-refractivity contribution < 1.29 is 4.74 Å². The molecular weight excluding hydrogens is 293 g/mol. The highest BCUT2D eigenvalue weighted by atomic mass is 35.5. The highest BCUT2D eigenvalue weighted by molar-refractivity contribution is 6.42. The molecule has 0 aliphatic heterocycles. The Morgan fingerprint density at radius 2 is 2.00 bits per heavy atom. The predicted molar refractivity (Wildman–Crippen MR) is 86.0 cm³/mol. The number of hydrogen-bond acceptors (Lipinski definition) is 2. The second kappa shape index (κ2) is 6.65. The van der Waals surface area contributed by atoms with Gasteiger partial charge in [-0.25, -0.2) is 0 Å². The third kappa shape index (κ3) is 3.14. The van der Waals surface area contributed by atoms with Gasteiger partial charge in [0.25, 0.3) is 0 Å². The zero-order chi connectivity index (χ0) is 14.8. The normalized spacial score (nSPS) is 27.0. The van der Waals surface area contributed by atoms with E-state index in [0.29, 0.717) is 10.0 Å². The highest BCUT2D eigenvalue weighted by Crippen LogP contribution is 2.43. The summed E-state index contributed by atoms with van der Waals surface area (Å²) < 4.78 is 5.83. The van der Waals surface area contributed by atoms with Gasteiger partial charge >= 0.3 is 0 Å². The van der Waals surface area contributed by atoms with Crippen LogP contribution in [0.5, 0.6) is 0 Å². The van der Waals surface area contributed by atoms with Crippen LogP contribution in [0.3, 0.4) is 0 Å². The van der Waals surface area contributed by atoms with E-state index in [4.69, 9.17) is 27.9 Å². The summed E-state index contributed by atoms with van der Waals surface area (Å²) in [6.07, 6.45) is 4.92. The Kier molecular flexibility index (Phi) is 5.36. The molecule has 4 heteroatoms. The molecule has 1 aliphatic carbocycles. The lowest BCUT2D eigenvalue weighted by molar-refractivity contribution is -0.00947. The second-order valence-corrected chi connectivity index (χ2v) is 6.81. The van der Waals surface area contributed by atoms with E-state index in [9.17, 15) is 0 Å².